The van der Waals surface area contributed by atoms with Crippen molar-refractivity contribution >= 4 is 17.7 Å². The molecule has 1 amide bonds. The number of thioether (sulfide) groups is 1. The predicted octanol–water partition coefficient (Wildman–Crippen LogP) is 0.480. The van der Waals surface area contributed by atoms with Gasteiger partial charge in [-0.1, -0.05) is 0 Å². The summed E-state index contributed by atoms with van der Waals surface area (Å²) in [6, 6.07) is 3.47. The molecular formula is C11H18N4OS. The van der Waals surface area contributed by atoms with Gasteiger partial charge in [0.25, 0.3) is 5.91 Å². The summed E-state index contributed by atoms with van der Waals surface area (Å²) < 4.78 is 0. The molecule has 17 heavy (non-hydrogen) atoms. The second-order valence-corrected chi connectivity index (χ2v) is 4.93. The number of amides is 1. The van der Waals surface area contributed by atoms with Gasteiger partial charge in [0.15, 0.2) is 0 Å². The Labute approximate surface area is 106 Å². The van der Waals surface area contributed by atoms with E-state index in [1.54, 1.807) is 30.1 Å². The van der Waals surface area contributed by atoms with Crippen molar-refractivity contribution in [1.29, 1.82) is 0 Å². The van der Waals surface area contributed by atoms with Crippen LogP contribution in [0.3, 0.4) is 0 Å². The predicted molar refractivity (Wildman–Crippen MR) is 70.6 cm³/mol. The van der Waals surface area contributed by atoms with Gasteiger partial charge in [-0.2, -0.15) is 11.8 Å². The number of hydrogen-bond acceptors (Lipinski definition) is 5. The lowest BCUT2D eigenvalue weighted by atomic mass is 10.2. The third-order valence-corrected chi connectivity index (χ3v) is 3.14. The summed E-state index contributed by atoms with van der Waals surface area (Å²) in [5.41, 5.74) is 3.46. The summed E-state index contributed by atoms with van der Waals surface area (Å²) in [6.45, 7) is 1.01. The molecule has 0 radical (unpaired) electrons. The highest BCUT2D eigenvalue weighted by atomic mass is 32.2. The maximum absolute atomic E-state index is 11.5. The Balaban J connectivity index is 2.55. The number of hydrogen-bond donors (Lipinski definition) is 2. The van der Waals surface area contributed by atoms with Crippen LogP contribution in [-0.4, -0.2) is 42.2 Å². The lowest BCUT2D eigenvalue weighted by Gasteiger charge is -2.09. The normalized spacial score (nSPS) is 10.6. The van der Waals surface area contributed by atoms with Crippen LogP contribution in [-0.2, 0) is 5.75 Å². The summed E-state index contributed by atoms with van der Waals surface area (Å²) >= 11 is 1.75. The lowest BCUT2D eigenvalue weighted by Crippen LogP contribution is -2.31. The average molecular weight is 254 g/mol. The van der Waals surface area contributed by atoms with Crippen molar-refractivity contribution in [1.82, 2.24) is 15.3 Å². The lowest BCUT2D eigenvalue weighted by molar-refractivity contribution is 0.0952. The number of carbonyl (C=O) groups excluding carboxylic acids is 1. The van der Waals surface area contributed by atoms with Gasteiger partial charge in [0, 0.05) is 24.2 Å². The topological polar surface area (TPSA) is 71.2 Å². The minimum atomic E-state index is -0.290. The van der Waals surface area contributed by atoms with E-state index < -0.39 is 0 Å². The van der Waals surface area contributed by atoms with E-state index in [0.717, 1.165) is 23.7 Å². The minimum absolute atomic E-state index is 0.290. The van der Waals surface area contributed by atoms with Crippen LogP contribution in [0, 0.1) is 0 Å². The van der Waals surface area contributed by atoms with Crippen LogP contribution in [0.4, 0.5) is 0 Å². The van der Waals surface area contributed by atoms with Gasteiger partial charge < -0.3 is 4.90 Å². The molecule has 1 rings (SSSR count). The quantitative estimate of drug-likeness (QED) is 0.334. The van der Waals surface area contributed by atoms with Crippen molar-refractivity contribution in [3.63, 3.8) is 0 Å². The highest BCUT2D eigenvalue weighted by molar-refractivity contribution is 7.98. The number of rotatable bonds is 6. The molecule has 0 aromatic carbocycles. The SMILES string of the molecule is CN(C)CCSCc1ncccc1C(=O)NN. The van der Waals surface area contributed by atoms with Crippen LogP contribution in [0.1, 0.15) is 16.1 Å². The van der Waals surface area contributed by atoms with Gasteiger partial charge in [0.05, 0.1) is 11.3 Å². The third kappa shape index (κ3) is 4.72. The minimum Gasteiger partial charge on any atom is -0.309 e. The number of pyridine rings is 1. The molecule has 3 N–H and O–H groups in total. The third-order valence-electron chi connectivity index (χ3n) is 2.19. The maximum Gasteiger partial charge on any atom is 0.267 e. The van der Waals surface area contributed by atoms with Crippen LogP contribution in [0.25, 0.3) is 0 Å². The van der Waals surface area contributed by atoms with Crippen LogP contribution in [0.15, 0.2) is 18.3 Å². The van der Waals surface area contributed by atoms with Crippen molar-refractivity contribution in [2.24, 2.45) is 5.84 Å². The molecule has 94 valence electrons. The van der Waals surface area contributed by atoms with E-state index in [0.29, 0.717) is 5.56 Å². The molecule has 0 saturated carbocycles. The average Bonchev–Trinajstić information content (AvgIpc) is 2.34. The van der Waals surface area contributed by atoms with Gasteiger partial charge in [-0.3, -0.25) is 15.2 Å². The molecule has 1 aromatic rings. The molecule has 0 fully saturated rings. The highest BCUT2D eigenvalue weighted by Crippen LogP contribution is 2.14. The molecule has 0 unspecified atom stereocenters. The fourth-order valence-electron chi connectivity index (χ4n) is 1.25. The molecule has 5 nitrogen and oxygen atoms in total. The second kappa shape index (κ2) is 7.26. The Morgan fingerprint density at radius 1 is 1.59 bits per heavy atom. The van der Waals surface area contributed by atoms with Gasteiger partial charge >= 0.3 is 0 Å². The Hall–Kier alpha value is -1.11. The summed E-state index contributed by atoms with van der Waals surface area (Å²) in [7, 11) is 4.07. The van der Waals surface area contributed by atoms with Gasteiger partial charge in [0.2, 0.25) is 0 Å². The molecule has 1 aromatic heterocycles. The monoisotopic (exact) mass is 254 g/mol. The summed E-state index contributed by atoms with van der Waals surface area (Å²) in [6.07, 6.45) is 1.69. The Morgan fingerprint density at radius 3 is 3.00 bits per heavy atom. The van der Waals surface area contributed by atoms with Crippen molar-refractivity contribution in [2.45, 2.75) is 5.75 Å². The first-order chi connectivity index (χ1) is 8.15. The molecule has 6 heteroatoms. The number of hydrazine groups is 1. The molecule has 0 saturated heterocycles. The molecule has 0 aliphatic rings. The van der Waals surface area contributed by atoms with E-state index in [9.17, 15) is 4.79 Å². The summed E-state index contributed by atoms with van der Waals surface area (Å²) in [5, 5.41) is 0. The number of nitrogens with two attached hydrogens (primary N) is 1. The molecule has 0 bridgehead atoms. The summed E-state index contributed by atoms with van der Waals surface area (Å²) in [4.78, 5) is 17.8. The highest BCUT2D eigenvalue weighted by Gasteiger charge is 2.10. The van der Waals surface area contributed by atoms with Crippen molar-refractivity contribution in [2.75, 3.05) is 26.4 Å². The Morgan fingerprint density at radius 2 is 2.35 bits per heavy atom. The molecule has 0 aliphatic heterocycles. The van der Waals surface area contributed by atoms with E-state index in [2.05, 4.69) is 15.3 Å². The number of nitrogen functional groups attached to an aromatic ring is 1. The number of nitrogens with one attached hydrogen (secondary N) is 1. The standard InChI is InChI=1S/C11H18N4OS/c1-15(2)6-7-17-8-10-9(11(16)14-12)4-3-5-13-10/h3-5H,6-8,12H2,1-2H3,(H,14,16). The smallest absolute Gasteiger partial charge is 0.267 e. The zero-order valence-electron chi connectivity index (χ0n) is 10.1. The number of aromatic nitrogens is 1. The van der Waals surface area contributed by atoms with Crippen LogP contribution >= 0.6 is 11.8 Å². The molecular weight excluding hydrogens is 236 g/mol. The second-order valence-electron chi connectivity index (χ2n) is 3.83. The molecule has 0 atom stereocenters. The number of nitrogens with zero attached hydrogens (tertiary/aromatic N) is 2. The van der Waals surface area contributed by atoms with Crippen LogP contribution < -0.4 is 11.3 Å². The largest absolute Gasteiger partial charge is 0.309 e. The fraction of sp³-hybridized carbons (Fsp3) is 0.455. The van der Waals surface area contributed by atoms with Crippen molar-refractivity contribution in [3.8, 4) is 0 Å². The van der Waals surface area contributed by atoms with Crippen molar-refractivity contribution < 1.29 is 4.79 Å². The van der Waals surface area contributed by atoms with Crippen LogP contribution in [0.2, 0.25) is 0 Å². The summed E-state index contributed by atoms with van der Waals surface area (Å²) in [5.74, 6) is 6.56. The van der Waals surface area contributed by atoms with Gasteiger partial charge in [-0.15, -0.1) is 0 Å². The number of carbonyl (C=O) groups is 1. The van der Waals surface area contributed by atoms with Crippen LogP contribution in [0.5, 0.6) is 0 Å². The van der Waals surface area contributed by atoms with E-state index in [1.807, 2.05) is 14.1 Å². The first kappa shape index (κ1) is 14.0. The fourth-order valence-corrected chi connectivity index (χ4v) is 2.32. The Kier molecular flexibility index (Phi) is 5.96. The zero-order valence-corrected chi connectivity index (χ0v) is 11.0. The van der Waals surface area contributed by atoms with E-state index >= 15 is 0 Å². The van der Waals surface area contributed by atoms with E-state index in [-0.39, 0.29) is 5.91 Å². The first-order valence-corrected chi connectivity index (χ1v) is 6.48. The maximum atomic E-state index is 11.5. The van der Waals surface area contributed by atoms with Gasteiger partial charge in [0.1, 0.15) is 0 Å². The van der Waals surface area contributed by atoms with Crippen molar-refractivity contribution in [3.05, 3.63) is 29.6 Å². The Bertz CT molecular complexity index is 370. The molecule has 1 heterocycles. The molecule has 0 spiro atoms. The first-order valence-electron chi connectivity index (χ1n) is 5.32. The van der Waals surface area contributed by atoms with Gasteiger partial charge in [-0.05, 0) is 26.2 Å². The van der Waals surface area contributed by atoms with Gasteiger partial charge in [-0.25, -0.2) is 5.84 Å². The zero-order chi connectivity index (χ0) is 12.7. The molecule has 0 aliphatic carbocycles. The van der Waals surface area contributed by atoms with E-state index in [1.165, 1.54) is 0 Å². The van der Waals surface area contributed by atoms with E-state index in [4.69, 9.17) is 5.84 Å².